The number of carbonyl (C=O) groups is 1. The number of hydrogen-bond donors (Lipinski definition) is 0. The molecule has 1 saturated heterocycles. The van der Waals surface area contributed by atoms with E-state index in [0.29, 0.717) is 23.3 Å². The second-order valence-electron chi connectivity index (χ2n) is 6.97. The Balaban J connectivity index is -0.000000595. The van der Waals surface area contributed by atoms with Crippen molar-refractivity contribution in [3.63, 3.8) is 0 Å². The van der Waals surface area contributed by atoms with Gasteiger partial charge in [0.15, 0.2) is 0 Å². The van der Waals surface area contributed by atoms with Gasteiger partial charge in [0.2, 0.25) is 5.91 Å². The Kier molecular flexibility index (Phi) is 19.4. The Labute approximate surface area is 148 Å². The van der Waals surface area contributed by atoms with Crippen LogP contribution in [0.2, 0.25) is 0 Å². The average Bonchev–Trinajstić information content (AvgIpc) is 2.74. The van der Waals surface area contributed by atoms with Gasteiger partial charge in [-0.3, -0.25) is 4.79 Å². The van der Waals surface area contributed by atoms with Gasteiger partial charge >= 0.3 is 0 Å². The van der Waals surface area contributed by atoms with Gasteiger partial charge in [-0.15, -0.1) is 0 Å². The molecule has 0 aromatic rings. The maximum atomic E-state index is 12.2. The summed E-state index contributed by atoms with van der Waals surface area (Å²) in [6.07, 6.45) is 5.33. The van der Waals surface area contributed by atoms with Gasteiger partial charge in [0.05, 0.1) is 0 Å². The molecule has 1 heterocycles. The Bertz CT molecular complexity index is 253. The molecule has 0 radical (unpaired) electrons. The zero-order valence-corrected chi connectivity index (χ0v) is 18.3. The summed E-state index contributed by atoms with van der Waals surface area (Å²) in [7, 11) is 0. The van der Waals surface area contributed by atoms with Gasteiger partial charge in [-0.1, -0.05) is 82.6 Å². The normalized spacial score (nSPS) is 16.0. The van der Waals surface area contributed by atoms with E-state index >= 15 is 0 Å². The number of carbonyl (C=O) groups excluding carboxylic acids is 1. The topological polar surface area (TPSA) is 20.3 Å². The van der Waals surface area contributed by atoms with Crippen LogP contribution in [0.1, 0.15) is 108 Å². The van der Waals surface area contributed by atoms with Gasteiger partial charge in [0, 0.05) is 19.0 Å². The van der Waals surface area contributed by atoms with Crippen molar-refractivity contribution in [1.82, 2.24) is 4.90 Å². The molecule has 1 aliphatic heterocycles. The lowest BCUT2D eigenvalue weighted by molar-refractivity contribution is -0.134. The van der Waals surface area contributed by atoms with E-state index in [4.69, 9.17) is 0 Å². The number of likely N-dealkylation sites (tertiary alicyclic amines) is 1. The second kappa shape index (κ2) is 16.3. The maximum Gasteiger partial charge on any atom is 0.222 e. The van der Waals surface area contributed by atoms with Gasteiger partial charge in [0.1, 0.15) is 0 Å². The third kappa shape index (κ3) is 13.6. The predicted octanol–water partition coefficient (Wildman–Crippen LogP) is 6.93. The lowest BCUT2D eigenvalue weighted by Gasteiger charge is -2.37. The minimum atomic E-state index is 0.293. The molecule has 2 heteroatoms. The van der Waals surface area contributed by atoms with Crippen LogP contribution in [0, 0.1) is 11.3 Å². The molecule has 142 valence electrons. The molecular weight excluding hydrogens is 282 g/mol. The molecule has 1 amide bonds. The molecule has 1 fully saturated rings. The van der Waals surface area contributed by atoms with Crippen molar-refractivity contribution >= 4 is 5.91 Å². The van der Waals surface area contributed by atoms with Gasteiger partial charge in [-0.05, 0) is 30.6 Å². The highest BCUT2D eigenvalue weighted by molar-refractivity contribution is 5.76. The van der Waals surface area contributed by atoms with Crippen LogP contribution in [0.15, 0.2) is 0 Å². The van der Waals surface area contributed by atoms with E-state index in [9.17, 15) is 4.79 Å². The van der Waals surface area contributed by atoms with Crippen molar-refractivity contribution in [2.24, 2.45) is 11.3 Å². The summed E-state index contributed by atoms with van der Waals surface area (Å²) < 4.78 is 0. The highest BCUT2D eigenvalue weighted by Crippen LogP contribution is 2.29. The molecule has 0 aliphatic carbocycles. The Hall–Kier alpha value is -0.530. The number of hydrogen-bond acceptors (Lipinski definition) is 1. The van der Waals surface area contributed by atoms with Crippen molar-refractivity contribution in [2.75, 3.05) is 6.54 Å². The van der Waals surface area contributed by atoms with E-state index in [1.54, 1.807) is 0 Å². The molecule has 0 N–H and O–H groups in total. The Morgan fingerprint density at radius 1 is 0.913 bits per heavy atom. The van der Waals surface area contributed by atoms with Gasteiger partial charge in [-0.25, -0.2) is 0 Å². The number of nitrogens with zero attached hydrogens (tertiary/aromatic N) is 1. The molecule has 0 saturated carbocycles. The van der Waals surface area contributed by atoms with Crippen LogP contribution in [0.3, 0.4) is 0 Å². The molecule has 2 nitrogen and oxygen atoms in total. The zero-order chi connectivity index (χ0) is 19.1. The summed E-state index contributed by atoms with van der Waals surface area (Å²) in [5.41, 5.74) is 0.293. The molecule has 1 rings (SSSR count). The molecule has 0 bridgehead atoms. The molecule has 0 spiro atoms. The van der Waals surface area contributed by atoms with Crippen molar-refractivity contribution in [3.05, 3.63) is 0 Å². The number of rotatable bonds is 3. The van der Waals surface area contributed by atoms with Crippen LogP contribution in [0.4, 0.5) is 0 Å². The summed E-state index contributed by atoms with van der Waals surface area (Å²) in [5.74, 6) is 0.932. The van der Waals surface area contributed by atoms with Crippen molar-refractivity contribution in [2.45, 2.75) is 114 Å². The van der Waals surface area contributed by atoms with Crippen LogP contribution in [0.5, 0.6) is 0 Å². The summed E-state index contributed by atoms with van der Waals surface area (Å²) in [4.78, 5) is 14.3. The molecule has 1 atom stereocenters. The summed E-state index contributed by atoms with van der Waals surface area (Å²) in [6.45, 7) is 24.3. The monoisotopic (exact) mass is 329 g/mol. The first-order chi connectivity index (χ1) is 10.8. The maximum absolute atomic E-state index is 12.2. The van der Waals surface area contributed by atoms with Crippen molar-refractivity contribution in [3.8, 4) is 0 Å². The van der Waals surface area contributed by atoms with Crippen LogP contribution in [-0.2, 0) is 4.79 Å². The lowest BCUT2D eigenvalue weighted by Crippen LogP contribution is -2.44. The SMILES string of the molecule is CC.CC.CC.CC(C)C(CC(C)(C)C)N1CCCCCC1=O. The molecule has 23 heavy (non-hydrogen) atoms. The smallest absolute Gasteiger partial charge is 0.222 e. The second-order valence-corrected chi connectivity index (χ2v) is 6.97. The first-order valence-corrected chi connectivity index (χ1v) is 10.1. The fraction of sp³-hybridized carbons (Fsp3) is 0.952. The summed E-state index contributed by atoms with van der Waals surface area (Å²) in [5, 5.41) is 0. The molecule has 1 aliphatic rings. The van der Waals surface area contributed by atoms with Gasteiger partial charge < -0.3 is 4.90 Å². The highest BCUT2D eigenvalue weighted by Gasteiger charge is 2.30. The predicted molar refractivity (Wildman–Crippen MR) is 107 cm³/mol. The van der Waals surface area contributed by atoms with E-state index in [-0.39, 0.29) is 0 Å². The van der Waals surface area contributed by atoms with E-state index in [1.165, 1.54) is 12.8 Å². The summed E-state index contributed by atoms with van der Waals surface area (Å²) >= 11 is 0. The van der Waals surface area contributed by atoms with Crippen LogP contribution in [-0.4, -0.2) is 23.4 Å². The third-order valence-corrected chi connectivity index (χ3v) is 3.60. The minimum absolute atomic E-state index is 0.293. The fourth-order valence-electron chi connectivity index (χ4n) is 2.69. The van der Waals surface area contributed by atoms with Crippen LogP contribution >= 0.6 is 0 Å². The first-order valence-electron chi connectivity index (χ1n) is 10.1. The minimum Gasteiger partial charge on any atom is -0.339 e. The third-order valence-electron chi connectivity index (χ3n) is 3.60. The molecular formula is C21H47NO. The van der Waals surface area contributed by atoms with E-state index in [2.05, 4.69) is 39.5 Å². The Morgan fingerprint density at radius 2 is 1.39 bits per heavy atom. The number of amides is 1. The van der Waals surface area contributed by atoms with Gasteiger partial charge in [0.25, 0.3) is 0 Å². The first kappa shape index (κ1) is 27.3. The van der Waals surface area contributed by atoms with Crippen LogP contribution < -0.4 is 0 Å². The largest absolute Gasteiger partial charge is 0.339 e. The zero-order valence-electron chi connectivity index (χ0n) is 18.3. The van der Waals surface area contributed by atoms with Crippen molar-refractivity contribution < 1.29 is 4.79 Å². The summed E-state index contributed by atoms with van der Waals surface area (Å²) in [6, 6.07) is 0.417. The molecule has 1 unspecified atom stereocenters. The van der Waals surface area contributed by atoms with E-state index in [0.717, 1.165) is 25.8 Å². The van der Waals surface area contributed by atoms with Crippen molar-refractivity contribution in [1.29, 1.82) is 0 Å². The average molecular weight is 330 g/mol. The molecule has 0 aromatic carbocycles. The van der Waals surface area contributed by atoms with E-state index in [1.807, 2.05) is 41.5 Å². The standard InChI is InChI=1S/C15H29NO.3C2H6/c1-12(2)13(11-15(3,4)5)16-10-8-6-7-9-14(16)17;3*1-2/h12-13H,6-11H2,1-5H3;3*1-2H3. The lowest BCUT2D eigenvalue weighted by atomic mass is 9.83. The Morgan fingerprint density at radius 3 is 1.78 bits per heavy atom. The highest BCUT2D eigenvalue weighted by atomic mass is 16.2. The van der Waals surface area contributed by atoms with E-state index < -0.39 is 0 Å². The fourth-order valence-corrected chi connectivity index (χ4v) is 2.69. The van der Waals surface area contributed by atoms with Crippen LogP contribution in [0.25, 0.3) is 0 Å². The van der Waals surface area contributed by atoms with Gasteiger partial charge in [-0.2, -0.15) is 0 Å². The molecule has 0 aromatic heterocycles. The quantitative estimate of drug-likeness (QED) is 0.549.